The first kappa shape index (κ1) is 13.2. The average Bonchev–Trinajstić information content (AvgIpc) is 2.45. The lowest BCUT2D eigenvalue weighted by Gasteiger charge is -2.08. The Morgan fingerprint density at radius 2 is 1.79 bits per heavy atom. The van der Waals surface area contributed by atoms with Crippen molar-refractivity contribution in [2.45, 2.75) is 13.5 Å². The van der Waals surface area contributed by atoms with Gasteiger partial charge in [-0.3, -0.25) is 0 Å². The zero-order valence-corrected chi connectivity index (χ0v) is 10.9. The van der Waals surface area contributed by atoms with Crippen molar-refractivity contribution in [3.8, 4) is 17.6 Å². The SMILES string of the molecule is Cc1ccccc1OCc1ccc(C#CCO)cc1. The normalized spacial score (nSPS) is 9.58. The first-order valence-corrected chi connectivity index (χ1v) is 6.16. The van der Waals surface area contributed by atoms with Crippen molar-refractivity contribution in [3.05, 3.63) is 65.2 Å². The molecule has 0 saturated carbocycles. The minimum absolute atomic E-state index is 0.113. The maximum absolute atomic E-state index is 8.62. The molecule has 0 unspecified atom stereocenters. The van der Waals surface area contributed by atoms with Crippen molar-refractivity contribution in [2.24, 2.45) is 0 Å². The zero-order chi connectivity index (χ0) is 13.5. The fourth-order valence-corrected chi connectivity index (χ4v) is 1.71. The summed E-state index contributed by atoms with van der Waals surface area (Å²) in [6, 6.07) is 15.8. The molecule has 0 aliphatic heterocycles. The van der Waals surface area contributed by atoms with Crippen LogP contribution in [0.25, 0.3) is 0 Å². The summed E-state index contributed by atoms with van der Waals surface area (Å²) in [6.45, 7) is 2.46. The monoisotopic (exact) mass is 252 g/mol. The van der Waals surface area contributed by atoms with Crippen molar-refractivity contribution in [1.82, 2.24) is 0 Å². The molecule has 0 amide bonds. The van der Waals surface area contributed by atoms with Gasteiger partial charge in [0, 0.05) is 5.56 Å². The van der Waals surface area contributed by atoms with Crippen LogP contribution in [0.5, 0.6) is 5.75 Å². The molecule has 0 fully saturated rings. The Morgan fingerprint density at radius 3 is 2.47 bits per heavy atom. The quantitative estimate of drug-likeness (QED) is 0.851. The van der Waals surface area contributed by atoms with Gasteiger partial charge in [0.1, 0.15) is 19.0 Å². The molecular formula is C17H16O2. The number of benzene rings is 2. The maximum atomic E-state index is 8.62. The number of para-hydroxylation sites is 1. The van der Waals surface area contributed by atoms with Gasteiger partial charge >= 0.3 is 0 Å². The molecule has 1 N–H and O–H groups in total. The predicted molar refractivity (Wildman–Crippen MR) is 75.9 cm³/mol. The average molecular weight is 252 g/mol. The van der Waals surface area contributed by atoms with Crippen LogP contribution in [0.3, 0.4) is 0 Å². The molecule has 0 atom stereocenters. The lowest BCUT2D eigenvalue weighted by atomic mass is 10.1. The summed E-state index contributed by atoms with van der Waals surface area (Å²) in [6.07, 6.45) is 0. The van der Waals surface area contributed by atoms with E-state index in [4.69, 9.17) is 9.84 Å². The van der Waals surface area contributed by atoms with E-state index in [2.05, 4.69) is 11.8 Å². The fourth-order valence-electron chi connectivity index (χ4n) is 1.71. The summed E-state index contributed by atoms with van der Waals surface area (Å²) in [5.74, 6) is 6.40. The molecule has 2 rings (SSSR count). The molecule has 0 aromatic heterocycles. The number of aryl methyl sites for hydroxylation is 1. The highest BCUT2D eigenvalue weighted by Gasteiger charge is 1.98. The van der Waals surface area contributed by atoms with E-state index < -0.39 is 0 Å². The number of rotatable bonds is 3. The second kappa shape index (κ2) is 6.63. The summed E-state index contributed by atoms with van der Waals surface area (Å²) in [5, 5.41) is 8.62. The van der Waals surface area contributed by atoms with Gasteiger partial charge in [0.15, 0.2) is 0 Å². The van der Waals surface area contributed by atoms with E-state index in [1.807, 2.05) is 55.5 Å². The number of ether oxygens (including phenoxy) is 1. The summed E-state index contributed by atoms with van der Waals surface area (Å²) in [4.78, 5) is 0. The number of aliphatic hydroxyl groups excluding tert-OH is 1. The van der Waals surface area contributed by atoms with Gasteiger partial charge in [0.05, 0.1) is 0 Å². The summed E-state index contributed by atoms with van der Waals surface area (Å²) < 4.78 is 5.77. The first-order valence-electron chi connectivity index (χ1n) is 6.16. The van der Waals surface area contributed by atoms with E-state index in [0.29, 0.717) is 6.61 Å². The molecule has 2 heteroatoms. The van der Waals surface area contributed by atoms with Crippen molar-refractivity contribution < 1.29 is 9.84 Å². The predicted octanol–water partition coefficient (Wildman–Crippen LogP) is 2.92. The Labute approximate surface area is 113 Å². The van der Waals surface area contributed by atoms with E-state index >= 15 is 0 Å². The molecule has 0 aliphatic carbocycles. The van der Waals surface area contributed by atoms with Crippen molar-refractivity contribution >= 4 is 0 Å². The van der Waals surface area contributed by atoms with E-state index in [1.54, 1.807) is 0 Å². The lowest BCUT2D eigenvalue weighted by molar-refractivity contribution is 0.304. The van der Waals surface area contributed by atoms with Gasteiger partial charge in [0.2, 0.25) is 0 Å². The van der Waals surface area contributed by atoms with E-state index in [1.165, 1.54) is 0 Å². The molecule has 0 spiro atoms. The highest BCUT2D eigenvalue weighted by molar-refractivity contribution is 5.36. The smallest absolute Gasteiger partial charge is 0.122 e. The molecule has 2 nitrogen and oxygen atoms in total. The zero-order valence-electron chi connectivity index (χ0n) is 10.9. The third kappa shape index (κ3) is 3.87. The van der Waals surface area contributed by atoms with Crippen LogP contribution in [0.2, 0.25) is 0 Å². The molecular weight excluding hydrogens is 236 g/mol. The molecule has 0 bridgehead atoms. The van der Waals surface area contributed by atoms with Crippen LogP contribution >= 0.6 is 0 Å². The Kier molecular flexibility index (Phi) is 4.60. The molecule has 0 aliphatic rings. The number of aliphatic hydroxyl groups is 1. The minimum Gasteiger partial charge on any atom is -0.489 e. The Morgan fingerprint density at radius 1 is 1.05 bits per heavy atom. The van der Waals surface area contributed by atoms with Gasteiger partial charge in [-0.1, -0.05) is 42.2 Å². The fraction of sp³-hybridized carbons (Fsp3) is 0.176. The van der Waals surface area contributed by atoms with Gasteiger partial charge in [-0.05, 0) is 36.2 Å². The summed E-state index contributed by atoms with van der Waals surface area (Å²) in [7, 11) is 0. The molecule has 19 heavy (non-hydrogen) atoms. The van der Waals surface area contributed by atoms with Crippen LogP contribution < -0.4 is 4.74 Å². The van der Waals surface area contributed by atoms with E-state index in [0.717, 1.165) is 22.4 Å². The third-order valence-electron chi connectivity index (χ3n) is 2.75. The van der Waals surface area contributed by atoms with E-state index in [9.17, 15) is 0 Å². The van der Waals surface area contributed by atoms with Crippen LogP contribution in [0.1, 0.15) is 16.7 Å². The maximum Gasteiger partial charge on any atom is 0.122 e. The van der Waals surface area contributed by atoms with Crippen LogP contribution in [0.4, 0.5) is 0 Å². The first-order chi connectivity index (χ1) is 9.29. The summed E-state index contributed by atoms with van der Waals surface area (Å²) >= 11 is 0. The van der Waals surface area contributed by atoms with Crippen LogP contribution in [-0.4, -0.2) is 11.7 Å². The minimum atomic E-state index is -0.113. The van der Waals surface area contributed by atoms with Crippen LogP contribution in [-0.2, 0) is 6.61 Å². The molecule has 0 saturated heterocycles. The van der Waals surface area contributed by atoms with Crippen LogP contribution in [0.15, 0.2) is 48.5 Å². The van der Waals surface area contributed by atoms with Gasteiger partial charge in [-0.15, -0.1) is 0 Å². The Bertz CT molecular complexity index is 589. The number of hydrogen-bond donors (Lipinski definition) is 1. The van der Waals surface area contributed by atoms with Gasteiger partial charge in [-0.25, -0.2) is 0 Å². The second-order valence-electron chi connectivity index (χ2n) is 4.21. The van der Waals surface area contributed by atoms with Crippen molar-refractivity contribution in [2.75, 3.05) is 6.61 Å². The molecule has 2 aromatic carbocycles. The Hall–Kier alpha value is -2.24. The molecule has 96 valence electrons. The second-order valence-corrected chi connectivity index (χ2v) is 4.21. The number of hydrogen-bond acceptors (Lipinski definition) is 2. The lowest BCUT2D eigenvalue weighted by Crippen LogP contribution is -1.96. The third-order valence-corrected chi connectivity index (χ3v) is 2.75. The summed E-state index contributed by atoms with van der Waals surface area (Å²) in [5.41, 5.74) is 3.12. The van der Waals surface area contributed by atoms with Crippen LogP contribution in [0, 0.1) is 18.8 Å². The van der Waals surface area contributed by atoms with E-state index in [-0.39, 0.29) is 6.61 Å². The molecule has 0 radical (unpaired) electrons. The van der Waals surface area contributed by atoms with Gasteiger partial charge in [-0.2, -0.15) is 0 Å². The molecule has 0 heterocycles. The van der Waals surface area contributed by atoms with Crippen molar-refractivity contribution in [3.63, 3.8) is 0 Å². The highest BCUT2D eigenvalue weighted by atomic mass is 16.5. The highest BCUT2D eigenvalue weighted by Crippen LogP contribution is 2.17. The van der Waals surface area contributed by atoms with Gasteiger partial charge < -0.3 is 9.84 Å². The van der Waals surface area contributed by atoms with Gasteiger partial charge in [0.25, 0.3) is 0 Å². The largest absolute Gasteiger partial charge is 0.489 e. The topological polar surface area (TPSA) is 29.5 Å². The standard InChI is InChI=1S/C17H16O2/c1-14-5-2-3-7-17(14)19-13-16-10-8-15(9-11-16)6-4-12-18/h2-3,5,7-11,18H,12-13H2,1H3. The Balaban J connectivity index is 1.99. The van der Waals surface area contributed by atoms with Crippen molar-refractivity contribution in [1.29, 1.82) is 0 Å². The molecule has 2 aromatic rings.